The summed E-state index contributed by atoms with van der Waals surface area (Å²) in [5.74, 6) is -1.00. The predicted octanol–water partition coefficient (Wildman–Crippen LogP) is 2.56. The summed E-state index contributed by atoms with van der Waals surface area (Å²) in [6.45, 7) is 5.16. The number of nitrogens with zero attached hydrogens (tertiary/aromatic N) is 2. The van der Waals surface area contributed by atoms with Crippen LogP contribution in [0, 0.1) is 0 Å². The number of benzene rings is 2. The molecule has 0 bridgehead atoms. The molecule has 31 heavy (non-hydrogen) atoms. The normalized spacial score (nSPS) is 20.6. The molecule has 1 fully saturated rings. The molecule has 2 aromatic carbocycles. The van der Waals surface area contributed by atoms with Gasteiger partial charge in [0.05, 0.1) is 11.4 Å². The van der Waals surface area contributed by atoms with Gasteiger partial charge in [-0.05, 0) is 36.1 Å². The zero-order valence-electron chi connectivity index (χ0n) is 17.6. The number of para-hydroxylation sites is 2. The van der Waals surface area contributed by atoms with E-state index < -0.39 is 29.9 Å². The summed E-state index contributed by atoms with van der Waals surface area (Å²) in [5.41, 5.74) is 1.56. The maximum absolute atomic E-state index is 13.2. The second-order valence-electron chi connectivity index (χ2n) is 8.27. The minimum atomic E-state index is -1.26. The molecule has 1 atom stereocenters. The Hall–Kier alpha value is -3.68. The molecule has 8 nitrogen and oxygen atoms in total. The molecule has 0 unspecified atom stereocenters. The van der Waals surface area contributed by atoms with Crippen LogP contribution in [0.15, 0.2) is 48.5 Å². The number of urea groups is 1. The van der Waals surface area contributed by atoms with Gasteiger partial charge in [-0.2, -0.15) is 0 Å². The molecule has 0 saturated carbocycles. The summed E-state index contributed by atoms with van der Waals surface area (Å²) in [6.07, 6.45) is 0. The third-order valence-electron chi connectivity index (χ3n) is 5.79. The molecule has 160 valence electrons. The molecule has 2 aromatic rings. The van der Waals surface area contributed by atoms with Gasteiger partial charge in [0, 0.05) is 0 Å². The van der Waals surface area contributed by atoms with Gasteiger partial charge in [0.15, 0.2) is 0 Å². The number of carbonyl (C=O) groups is 4. The third-order valence-corrected chi connectivity index (χ3v) is 5.79. The van der Waals surface area contributed by atoms with Gasteiger partial charge < -0.3 is 10.6 Å². The molecule has 2 aliphatic rings. The molecule has 0 spiro atoms. The number of imide groups is 1. The lowest BCUT2D eigenvalue weighted by molar-refractivity contribution is -0.134. The van der Waals surface area contributed by atoms with Crippen LogP contribution in [0.25, 0.3) is 0 Å². The highest BCUT2D eigenvalue weighted by Crippen LogP contribution is 2.32. The van der Waals surface area contributed by atoms with Crippen molar-refractivity contribution in [2.45, 2.75) is 32.2 Å². The number of anilines is 2. The van der Waals surface area contributed by atoms with Gasteiger partial charge >= 0.3 is 6.03 Å². The molecule has 5 amide bonds. The summed E-state index contributed by atoms with van der Waals surface area (Å²) in [4.78, 5) is 53.0. The molecule has 2 N–H and O–H groups in total. The van der Waals surface area contributed by atoms with Crippen LogP contribution in [0.3, 0.4) is 0 Å². The van der Waals surface area contributed by atoms with Gasteiger partial charge in [-0.3, -0.25) is 24.2 Å². The lowest BCUT2D eigenvalue weighted by Crippen LogP contribution is -2.48. The fourth-order valence-electron chi connectivity index (χ4n) is 3.91. The lowest BCUT2D eigenvalue weighted by Gasteiger charge is -2.30. The van der Waals surface area contributed by atoms with E-state index in [1.165, 1.54) is 4.90 Å². The van der Waals surface area contributed by atoms with Gasteiger partial charge in [-0.1, -0.05) is 50.2 Å². The van der Waals surface area contributed by atoms with Gasteiger partial charge in [-0.15, -0.1) is 0 Å². The van der Waals surface area contributed by atoms with Crippen molar-refractivity contribution in [2.24, 2.45) is 0 Å². The largest absolute Gasteiger partial charge is 0.325 e. The maximum atomic E-state index is 13.2. The van der Waals surface area contributed by atoms with Crippen molar-refractivity contribution < 1.29 is 19.2 Å². The average molecular weight is 420 g/mol. The Morgan fingerprint density at radius 3 is 2.42 bits per heavy atom. The number of nitrogens with one attached hydrogen (secondary N) is 2. The fourth-order valence-corrected chi connectivity index (χ4v) is 3.91. The second-order valence-corrected chi connectivity index (χ2v) is 8.27. The lowest BCUT2D eigenvalue weighted by atomic mass is 9.90. The predicted molar refractivity (Wildman–Crippen MR) is 116 cm³/mol. The fraction of sp³-hybridized carbons (Fsp3) is 0.304. The van der Waals surface area contributed by atoms with Crippen LogP contribution in [0.5, 0.6) is 0 Å². The summed E-state index contributed by atoms with van der Waals surface area (Å²) < 4.78 is 0. The summed E-state index contributed by atoms with van der Waals surface area (Å²) >= 11 is 0. The SMILES string of the molecule is CC(C)c1ccc([C@@]2(C)NC(=O)N(CC(=O)N3CC(=O)Nc4ccccc43)C2=O)cc1. The monoisotopic (exact) mass is 420 g/mol. The van der Waals surface area contributed by atoms with Crippen LogP contribution in [0.4, 0.5) is 16.2 Å². The number of carbonyl (C=O) groups excluding carboxylic acids is 4. The van der Waals surface area contributed by atoms with E-state index in [-0.39, 0.29) is 12.5 Å². The minimum Gasteiger partial charge on any atom is -0.323 e. The highest BCUT2D eigenvalue weighted by molar-refractivity contribution is 6.14. The van der Waals surface area contributed by atoms with Crippen molar-refractivity contribution in [3.8, 4) is 0 Å². The third kappa shape index (κ3) is 3.54. The standard InChI is InChI=1S/C23H24N4O4/c1-14(2)15-8-10-16(11-9-15)23(3)21(30)27(22(31)25-23)13-20(29)26-12-19(28)24-17-6-4-5-7-18(17)26/h4-11,14H,12-13H2,1-3H3,(H,24,28)(H,25,31)/t23-/m1/s1. The second kappa shape index (κ2) is 7.54. The van der Waals surface area contributed by atoms with E-state index in [1.807, 2.05) is 24.3 Å². The summed E-state index contributed by atoms with van der Waals surface area (Å²) in [5, 5.41) is 5.43. The van der Waals surface area contributed by atoms with E-state index in [1.54, 1.807) is 31.2 Å². The Bertz CT molecular complexity index is 1080. The Balaban J connectivity index is 1.56. The van der Waals surface area contributed by atoms with E-state index >= 15 is 0 Å². The van der Waals surface area contributed by atoms with Crippen LogP contribution in [-0.2, 0) is 19.9 Å². The first-order valence-corrected chi connectivity index (χ1v) is 10.1. The Labute approximate surface area is 180 Å². The summed E-state index contributed by atoms with van der Waals surface area (Å²) in [7, 11) is 0. The smallest absolute Gasteiger partial charge is 0.323 e. The number of amides is 5. The van der Waals surface area contributed by atoms with Crippen molar-refractivity contribution in [1.82, 2.24) is 10.2 Å². The Morgan fingerprint density at radius 2 is 1.74 bits per heavy atom. The van der Waals surface area contributed by atoms with E-state index in [9.17, 15) is 19.2 Å². The minimum absolute atomic E-state index is 0.173. The summed E-state index contributed by atoms with van der Waals surface area (Å²) in [6, 6.07) is 13.8. The van der Waals surface area contributed by atoms with Crippen LogP contribution in [-0.4, -0.2) is 41.7 Å². The van der Waals surface area contributed by atoms with E-state index in [2.05, 4.69) is 24.5 Å². The molecular formula is C23H24N4O4. The van der Waals surface area contributed by atoms with Gasteiger partial charge in [-0.25, -0.2) is 4.79 Å². The molecule has 1 saturated heterocycles. The van der Waals surface area contributed by atoms with Crippen molar-refractivity contribution in [3.05, 3.63) is 59.7 Å². The Kier molecular flexibility index (Phi) is 5.00. The van der Waals surface area contributed by atoms with E-state index in [4.69, 9.17) is 0 Å². The topological polar surface area (TPSA) is 98.8 Å². The van der Waals surface area contributed by atoms with Crippen LogP contribution in [0.2, 0.25) is 0 Å². The quantitative estimate of drug-likeness (QED) is 0.743. The average Bonchev–Trinajstić information content (AvgIpc) is 2.97. The first-order chi connectivity index (χ1) is 14.7. The molecule has 2 aliphatic heterocycles. The molecule has 2 heterocycles. The number of fused-ring (bicyclic) bond motifs is 1. The van der Waals surface area contributed by atoms with Crippen molar-refractivity contribution in [3.63, 3.8) is 0 Å². The first-order valence-electron chi connectivity index (χ1n) is 10.1. The van der Waals surface area contributed by atoms with Crippen molar-refractivity contribution in [2.75, 3.05) is 23.3 Å². The van der Waals surface area contributed by atoms with Gasteiger partial charge in [0.25, 0.3) is 5.91 Å². The van der Waals surface area contributed by atoms with Crippen LogP contribution >= 0.6 is 0 Å². The van der Waals surface area contributed by atoms with Crippen LogP contribution < -0.4 is 15.5 Å². The molecule has 0 aromatic heterocycles. The van der Waals surface area contributed by atoms with E-state index in [0.717, 1.165) is 10.5 Å². The van der Waals surface area contributed by atoms with Crippen molar-refractivity contribution >= 4 is 35.1 Å². The molecule has 4 rings (SSSR count). The highest BCUT2D eigenvalue weighted by Gasteiger charge is 2.50. The molecule has 0 radical (unpaired) electrons. The number of rotatable bonds is 4. The van der Waals surface area contributed by atoms with Crippen LogP contribution in [0.1, 0.15) is 37.8 Å². The molecular weight excluding hydrogens is 396 g/mol. The van der Waals surface area contributed by atoms with Crippen molar-refractivity contribution in [1.29, 1.82) is 0 Å². The van der Waals surface area contributed by atoms with E-state index in [0.29, 0.717) is 22.9 Å². The number of hydrogen-bond donors (Lipinski definition) is 2. The zero-order valence-corrected chi connectivity index (χ0v) is 17.6. The maximum Gasteiger partial charge on any atom is 0.325 e. The highest BCUT2D eigenvalue weighted by atomic mass is 16.2. The zero-order chi connectivity index (χ0) is 22.3. The first kappa shape index (κ1) is 20.6. The number of hydrogen-bond acceptors (Lipinski definition) is 4. The molecule has 8 heteroatoms. The van der Waals surface area contributed by atoms with Gasteiger partial charge in [0.2, 0.25) is 11.8 Å². The molecule has 0 aliphatic carbocycles. The Morgan fingerprint density at radius 1 is 1.06 bits per heavy atom. The van der Waals surface area contributed by atoms with Gasteiger partial charge in [0.1, 0.15) is 18.6 Å².